The first-order chi connectivity index (χ1) is 10.8. The quantitative estimate of drug-likeness (QED) is 0.186. The molecule has 0 rings (SSSR count). The number of nitriles is 1. The number of hydrogen-bond acceptors (Lipinski definition) is 2. The first-order valence-corrected chi connectivity index (χ1v) is 9.49. The Labute approximate surface area is 174 Å². The zero-order valence-electron chi connectivity index (χ0n) is 14.7. The molecule has 3 nitrogen and oxygen atoms in total. The molecule has 0 aliphatic rings. The van der Waals surface area contributed by atoms with Crippen molar-refractivity contribution < 1.29 is 4.79 Å². The van der Waals surface area contributed by atoms with Gasteiger partial charge in [0.05, 0.1) is 0 Å². The average molecular weight is 351 g/mol. The van der Waals surface area contributed by atoms with Crippen molar-refractivity contribution >= 4 is 43.6 Å². The molecular formula is C19H38CaN2O. The summed E-state index contributed by atoms with van der Waals surface area (Å²) in [5, 5.41) is 10.4. The van der Waals surface area contributed by atoms with Crippen LogP contribution < -0.4 is 5.32 Å². The van der Waals surface area contributed by atoms with Gasteiger partial charge in [-0.25, -0.2) is 0 Å². The standard InChI is InChI=1S/C19H36N2O.Ca.2H/c1-2-3-4-5-6-7-8-9-10-11-12-13-14-15-16-17-19(22)21-18-20;;;/h2-17H2,1H3,(H,21,22);;;. The van der Waals surface area contributed by atoms with Crippen LogP contribution in [0.25, 0.3) is 0 Å². The zero-order valence-corrected chi connectivity index (χ0v) is 14.7. The molecule has 0 aromatic carbocycles. The van der Waals surface area contributed by atoms with Gasteiger partial charge in [-0.2, -0.15) is 5.26 Å². The van der Waals surface area contributed by atoms with Gasteiger partial charge in [-0.1, -0.05) is 96.8 Å². The molecule has 1 amide bonds. The van der Waals surface area contributed by atoms with Crippen LogP contribution in [0.15, 0.2) is 0 Å². The van der Waals surface area contributed by atoms with Crippen LogP contribution >= 0.6 is 0 Å². The Bertz CT molecular complexity index is 290. The van der Waals surface area contributed by atoms with Gasteiger partial charge < -0.3 is 0 Å². The third kappa shape index (κ3) is 22.2. The first-order valence-electron chi connectivity index (χ1n) is 9.49. The molecule has 0 aliphatic heterocycles. The number of rotatable bonds is 16. The van der Waals surface area contributed by atoms with E-state index < -0.39 is 0 Å². The van der Waals surface area contributed by atoms with Crippen molar-refractivity contribution in [3.8, 4) is 6.19 Å². The van der Waals surface area contributed by atoms with E-state index in [2.05, 4.69) is 12.2 Å². The van der Waals surface area contributed by atoms with Crippen LogP contribution in [0.3, 0.4) is 0 Å². The fraction of sp³-hybridized carbons (Fsp3) is 0.895. The fourth-order valence-corrected chi connectivity index (χ4v) is 2.78. The number of nitrogens with zero attached hydrogens (tertiary/aromatic N) is 1. The maximum atomic E-state index is 11.0. The van der Waals surface area contributed by atoms with Crippen molar-refractivity contribution in [2.45, 2.75) is 110 Å². The van der Waals surface area contributed by atoms with Crippen LogP contribution in [-0.2, 0) is 4.79 Å². The third-order valence-corrected chi connectivity index (χ3v) is 4.20. The number of carbonyl (C=O) groups is 1. The summed E-state index contributed by atoms with van der Waals surface area (Å²) in [7, 11) is 0. The van der Waals surface area contributed by atoms with Crippen molar-refractivity contribution in [2.75, 3.05) is 0 Å². The first kappa shape index (κ1) is 25.5. The Morgan fingerprint density at radius 3 is 1.43 bits per heavy atom. The summed E-state index contributed by atoms with van der Waals surface area (Å²) < 4.78 is 0. The number of carbonyl (C=O) groups excluding carboxylic acids is 1. The second-order valence-corrected chi connectivity index (χ2v) is 6.36. The predicted octanol–water partition coefficient (Wildman–Crippen LogP) is 4.93. The van der Waals surface area contributed by atoms with Crippen LogP contribution in [0.1, 0.15) is 110 Å². The predicted molar refractivity (Wildman–Crippen MR) is 102 cm³/mol. The van der Waals surface area contributed by atoms with Gasteiger partial charge in [0.15, 0.2) is 6.19 Å². The Kier molecular flexibility index (Phi) is 24.6. The van der Waals surface area contributed by atoms with E-state index in [9.17, 15) is 4.79 Å². The molecule has 0 fully saturated rings. The number of nitrogens with one attached hydrogen (secondary N) is 1. The van der Waals surface area contributed by atoms with Gasteiger partial charge in [0.1, 0.15) is 0 Å². The van der Waals surface area contributed by atoms with E-state index in [4.69, 9.17) is 5.26 Å². The minimum atomic E-state index is -0.141. The fourth-order valence-electron chi connectivity index (χ4n) is 2.78. The van der Waals surface area contributed by atoms with Crippen LogP contribution in [0.2, 0.25) is 0 Å². The van der Waals surface area contributed by atoms with Gasteiger partial charge in [-0.05, 0) is 6.42 Å². The van der Waals surface area contributed by atoms with Crippen molar-refractivity contribution in [1.29, 1.82) is 5.26 Å². The molecule has 0 saturated carbocycles. The van der Waals surface area contributed by atoms with E-state index in [1.807, 2.05) is 0 Å². The molecule has 4 heteroatoms. The SMILES string of the molecule is CCCCCCCCCCCCCCCCCC(=O)NC#N.[CaH2]. The van der Waals surface area contributed by atoms with E-state index in [0.717, 1.165) is 12.8 Å². The molecule has 0 aliphatic carbocycles. The van der Waals surface area contributed by atoms with Gasteiger partial charge in [0.2, 0.25) is 5.91 Å². The molecule has 0 bridgehead atoms. The van der Waals surface area contributed by atoms with Gasteiger partial charge in [-0.15, -0.1) is 0 Å². The molecule has 132 valence electrons. The minimum absolute atomic E-state index is 0. The summed E-state index contributed by atoms with van der Waals surface area (Å²) in [6.45, 7) is 2.27. The summed E-state index contributed by atoms with van der Waals surface area (Å²) >= 11 is 0. The topological polar surface area (TPSA) is 52.9 Å². The van der Waals surface area contributed by atoms with Crippen LogP contribution in [0.4, 0.5) is 0 Å². The molecule has 0 unspecified atom stereocenters. The van der Waals surface area contributed by atoms with Crippen molar-refractivity contribution in [1.82, 2.24) is 5.32 Å². The molecule has 0 spiro atoms. The molecule has 0 aromatic heterocycles. The van der Waals surface area contributed by atoms with Crippen LogP contribution in [-0.4, -0.2) is 43.6 Å². The third-order valence-electron chi connectivity index (χ3n) is 4.20. The molecule has 1 N–H and O–H groups in total. The van der Waals surface area contributed by atoms with Crippen molar-refractivity contribution in [3.05, 3.63) is 0 Å². The Morgan fingerprint density at radius 1 is 0.739 bits per heavy atom. The van der Waals surface area contributed by atoms with E-state index in [1.54, 1.807) is 6.19 Å². The number of unbranched alkanes of at least 4 members (excludes halogenated alkanes) is 14. The van der Waals surface area contributed by atoms with E-state index >= 15 is 0 Å². The summed E-state index contributed by atoms with van der Waals surface area (Å²) in [6, 6.07) is 0. The molecule has 0 aromatic rings. The summed E-state index contributed by atoms with van der Waals surface area (Å²) in [4.78, 5) is 11.0. The van der Waals surface area contributed by atoms with Crippen LogP contribution in [0, 0.1) is 11.5 Å². The summed E-state index contributed by atoms with van der Waals surface area (Å²) in [5.74, 6) is -0.141. The molecule has 0 atom stereocenters. The van der Waals surface area contributed by atoms with E-state index in [1.165, 1.54) is 83.5 Å². The zero-order chi connectivity index (χ0) is 16.3. The van der Waals surface area contributed by atoms with E-state index in [0.29, 0.717) is 6.42 Å². The second kappa shape index (κ2) is 22.2. The Balaban J connectivity index is 0. The Morgan fingerprint density at radius 2 is 1.09 bits per heavy atom. The second-order valence-electron chi connectivity index (χ2n) is 6.36. The molecule has 0 saturated heterocycles. The average Bonchev–Trinajstić information content (AvgIpc) is 2.51. The normalized spacial score (nSPS) is 9.91. The summed E-state index contributed by atoms with van der Waals surface area (Å²) in [6.07, 6.45) is 22.1. The number of hydrogen-bond donors (Lipinski definition) is 1. The van der Waals surface area contributed by atoms with Gasteiger partial charge in [0.25, 0.3) is 0 Å². The van der Waals surface area contributed by atoms with Crippen molar-refractivity contribution in [2.24, 2.45) is 0 Å². The van der Waals surface area contributed by atoms with Gasteiger partial charge >= 0.3 is 37.7 Å². The van der Waals surface area contributed by atoms with Crippen LogP contribution in [0.5, 0.6) is 0 Å². The molecular weight excluding hydrogens is 312 g/mol. The monoisotopic (exact) mass is 350 g/mol. The molecule has 23 heavy (non-hydrogen) atoms. The Hall–Kier alpha value is 0.220. The van der Waals surface area contributed by atoms with E-state index in [-0.39, 0.29) is 43.6 Å². The summed E-state index contributed by atoms with van der Waals surface area (Å²) in [5.41, 5.74) is 0. The molecule has 0 radical (unpaired) electrons. The van der Waals surface area contributed by atoms with Crippen molar-refractivity contribution in [3.63, 3.8) is 0 Å². The molecule has 0 heterocycles. The van der Waals surface area contributed by atoms with Gasteiger partial charge in [-0.3, -0.25) is 10.1 Å². The maximum absolute atomic E-state index is 11.0. The van der Waals surface area contributed by atoms with Gasteiger partial charge in [0, 0.05) is 6.42 Å². The number of amides is 1.